The Morgan fingerprint density at radius 1 is 1.30 bits per heavy atom. The van der Waals surface area contributed by atoms with Gasteiger partial charge < -0.3 is 5.32 Å². The first kappa shape index (κ1) is 17.8. The molecule has 112 valence electrons. The summed E-state index contributed by atoms with van der Waals surface area (Å²) < 4.78 is -1.65. The highest BCUT2D eigenvalue weighted by Gasteiger charge is 2.37. The van der Waals surface area contributed by atoms with E-state index in [1.165, 1.54) is 18.1 Å². The highest BCUT2D eigenvalue weighted by molar-refractivity contribution is 8.00. The molecule has 0 aliphatic rings. The Kier molecular flexibility index (Phi) is 5.96. The minimum Gasteiger partial charge on any atom is -0.339 e. The zero-order valence-electron chi connectivity index (χ0n) is 11.6. The Hall–Kier alpha value is -0.230. The van der Waals surface area contributed by atoms with Crippen LogP contribution in [0.5, 0.6) is 0 Å². The van der Waals surface area contributed by atoms with Crippen LogP contribution in [0.2, 0.25) is 0 Å². The largest absolute Gasteiger partial charge is 0.339 e. The molecule has 0 spiro atoms. The molecule has 20 heavy (non-hydrogen) atoms. The van der Waals surface area contributed by atoms with Crippen LogP contribution in [0.15, 0.2) is 17.4 Å². The van der Waals surface area contributed by atoms with E-state index in [1.807, 2.05) is 6.92 Å². The van der Waals surface area contributed by atoms with Gasteiger partial charge in [0.2, 0.25) is 9.70 Å². The van der Waals surface area contributed by atoms with E-state index >= 15 is 0 Å². The molecule has 1 aromatic heterocycles. The van der Waals surface area contributed by atoms with Gasteiger partial charge in [0.15, 0.2) is 0 Å². The van der Waals surface area contributed by atoms with E-state index in [0.717, 1.165) is 5.69 Å². The molecule has 0 unspecified atom stereocenters. The third-order valence-electron chi connectivity index (χ3n) is 2.26. The highest BCUT2D eigenvalue weighted by atomic mass is 35.6. The quantitative estimate of drug-likeness (QED) is 0.388. The summed E-state index contributed by atoms with van der Waals surface area (Å²) in [5.41, 5.74) is 0.226. The number of aromatic nitrogens is 2. The van der Waals surface area contributed by atoms with Crippen molar-refractivity contribution in [3.05, 3.63) is 18.1 Å². The Labute approximate surface area is 138 Å². The number of nitrogens with one attached hydrogen (secondary N) is 1. The van der Waals surface area contributed by atoms with E-state index in [-0.39, 0.29) is 5.91 Å². The summed E-state index contributed by atoms with van der Waals surface area (Å²) in [6.07, 6.45) is 1.43. The lowest BCUT2D eigenvalue weighted by atomic mass is 9.96. The van der Waals surface area contributed by atoms with Crippen molar-refractivity contribution in [1.82, 2.24) is 15.3 Å². The number of carbonyl (C=O) groups is 1. The molecule has 1 N–H and O–H groups in total. The molecule has 0 aliphatic heterocycles. The fraction of sp³-hybridized carbons (Fsp3) is 0.583. The van der Waals surface area contributed by atoms with Gasteiger partial charge in [0.1, 0.15) is 16.7 Å². The Balaban J connectivity index is 2.89. The number of nitrogens with zero attached hydrogens (tertiary/aromatic N) is 2. The van der Waals surface area contributed by atoms with E-state index in [0.29, 0.717) is 5.03 Å². The van der Waals surface area contributed by atoms with Crippen molar-refractivity contribution in [2.24, 2.45) is 5.41 Å². The van der Waals surface area contributed by atoms with Crippen LogP contribution in [0, 0.1) is 12.3 Å². The lowest BCUT2D eigenvalue weighted by molar-refractivity contribution is -0.128. The number of hydrogen-bond acceptors (Lipinski definition) is 4. The van der Waals surface area contributed by atoms with Gasteiger partial charge in [-0.2, -0.15) is 0 Å². The molecule has 1 heterocycles. The Bertz CT molecular complexity index is 486. The van der Waals surface area contributed by atoms with Crippen molar-refractivity contribution in [3.8, 4) is 0 Å². The first-order chi connectivity index (χ1) is 9.00. The van der Waals surface area contributed by atoms with Gasteiger partial charge in [-0.15, -0.1) is 0 Å². The zero-order chi connectivity index (χ0) is 15.6. The number of carbonyl (C=O) groups excluding carboxylic acids is 1. The lowest BCUT2D eigenvalue weighted by Crippen LogP contribution is -2.46. The molecular weight excluding hydrogens is 341 g/mol. The average Bonchev–Trinajstić information content (AvgIpc) is 2.25. The summed E-state index contributed by atoms with van der Waals surface area (Å²) in [5, 5.41) is 2.62. The van der Waals surface area contributed by atoms with Gasteiger partial charge in [0.25, 0.3) is 0 Å². The van der Waals surface area contributed by atoms with E-state index in [1.54, 1.807) is 26.8 Å². The van der Waals surface area contributed by atoms with Gasteiger partial charge in [-0.05, 0) is 13.0 Å². The molecule has 0 bridgehead atoms. The molecule has 0 radical (unpaired) electrons. The Morgan fingerprint density at radius 3 is 2.35 bits per heavy atom. The fourth-order valence-corrected chi connectivity index (χ4v) is 2.58. The Morgan fingerprint density at radius 2 is 1.90 bits per heavy atom. The number of hydrogen-bond donors (Lipinski definition) is 1. The molecule has 4 nitrogen and oxygen atoms in total. The number of aryl methyl sites for hydroxylation is 1. The van der Waals surface area contributed by atoms with Crippen molar-refractivity contribution in [3.63, 3.8) is 0 Å². The third-order valence-corrected chi connectivity index (χ3v) is 4.47. The second kappa shape index (κ2) is 6.69. The smallest absolute Gasteiger partial charge is 0.226 e. The van der Waals surface area contributed by atoms with Crippen molar-refractivity contribution in [1.29, 1.82) is 0 Å². The summed E-state index contributed by atoms with van der Waals surface area (Å²) in [6, 6.07) is 1.76. The SMILES string of the molecule is Cc1cc(S[C@H](NC(=O)C(C)(C)C)C(Cl)(Cl)Cl)ncn1. The summed E-state index contributed by atoms with van der Waals surface area (Å²) >= 11 is 19.0. The van der Waals surface area contributed by atoms with E-state index < -0.39 is 14.6 Å². The molecule has 1 amide bonds. The van der Waals surface area contributed by atoms with Crippen LogP contribution < -0.4 is 5.32 Å². The van der Waals surface area contributed by atoms with E-state index in [9.17, 15) is 4.79 Å². The summed E-state index contributed by atoms with van der Waals surface area (Å²) in [5.74, 6) is -0.202. The average molecular weight is 357 g/mol. The molecule has 1 atom stereocenters. The van der Waals surface area contributed by atoms with Gasteiger partial charge >= 0.3 is 0 Å². The first-order valence-corrected chi connectivity index (χ1v) is 7.84. The normalized spacial score (nSPS) is 13.9. The number of alkyl halides is 3. The van der Waals surface area contributed by atoms with E-state index in [4.69, 9.17) is 34.8 Å². The molecule has 0 fully saturated rings. The number of halogens is 3. The molecule has 0 aromatic carbocycles. The molecule has 1 rings (SSSR count). The van der Waals surface area contributed by atoms with E-state index in [2.05, 4.69) is 15.3 Å². The van der Waals surface area contributed by atoms with Crippen molar-refractivity contribution in [2.75, 3.05) is 0 Å². The number of amides is 1. The minimum absolute atomic E-state index is 0.202. The monoisotopic (exact) mass is 355 g/mol. The first-order valence-electron chi connectivity index (χ1n) is 5.83. The molecule has 0 saturated carbocycles. The van der Waals surface area contributed by atoms with Crippen LogP contribution in [-0.4, -0.2) is 25.0 Å². The second-order valence-electron chi connectivity index (χ2n) is 5.26. The third kappa shape index (κ3) is 5.64. The maximum absolute atomic E-state index is 12.0. The van der Waals surface area contributed by atoms with Gasteiger partial charge in [-0.3, -0.25) is 4.79 Å². The van der Waals surface area contributed by atoms with Crippen LogP contribution in [0.4, 0.5) is 0 Å². The lowest BCUT2D eigenvalue weighted by Gasteiger charge is -2.28. The zero-order valence-corrected chi connectivity index (χ0v) is 14.7. The second-order valence-corrected chi connectivity index (χ2v) is 8.75. The van der Waals surface area contributed by atoms with Crippen LogP contribution in [0.1, 0.15) is 26.5 Å². The molecule has 0 aliphatic carbocycles. The summed E-state index contributed by atoms with van der Waals surface area (Å²) in [6.45, 7) is 7.20. The topological polar surface area (TPSA) is 54.9 Å². The minimum atomic E-state index is -1.65. The van der Waals surface area contributed by atoms with Crippen LogP contribution >= 0.6 is 46.6 Å². The molecule has 8 heteroatoms. The van der Waals surface area contributed by atoms with Crippen molar-refractivity contribution >= 4 is 52.5 Å². The molecule has 1 aromatic rings. The van der Waals surface area contributed by atoms with Gasteiger partial charge in [0.05, 0.1) is 0 Å². The summed E-state index contributed by atoms with van der Waals surface area (Å²) in [4.78, 5) is 20.1. The van der Waals surface area contributed by atoms with Crippen molar-refractivity contribution < 1.29 is 4.79 Å². The maximum atomic E-state index is 12.0. The molecular formula is C12H16Cl3N3OS. The van der Waals surface area contributed by atoms with Gasteiger partial charge in [-0.25, -0.2) is 9.97 Å². The highest BCUT2D eigenvalue weighted by Crippen LogP contribution is 2.39. The maximum Gasteiger partial charge on any atom is 0.226 e. The molecule has 0 saturated heterocycles. The van der Waals surface area contributed by atoms with Crippen LogP contribution in [0.3, 0.4) is 0 Å². The summed E-state index contributed by atoms with van der Waals surface area (Å²) in [7, 11) is 0. The van der Waals surface area contributed by atoms with Crippen LogP contribution in [0.25, 0.3) is 0 Å². The number of thioether (sulfide) groups is 1. The van der Waals surface area contributed by atoms with Crippen molar-refractivity contribution in [2.45, 2.75) is 41.9 Å². The predicted octanol–water partition coefficient (Wildman–Crippen LogP) is 3.74. The predicted molar refractivity (Wildman–Crippen MR) is 84.3 cm³/mol. The standard InChI is InChI=1S/C12H16Cl3N3OS/c1-7-5-8(17-6-16-7)20-10(12(13,14)15)18-9(19)11(2,3)4/h5-6,10H,1-4H3,(H,18,19)/t10-/m0/s1. The van der Waals surface area contributed by atoms with Crippen LogP contribution in [-0.2, 0) is 4.79 Å². The van der Waals surface area contributed by atoms with Gasteiger partial charge in [0, 0.05) is 11.1 Å². The van der Waals surface area contributed by atoms with Gasteiger partial charge in [-0.1, -0.05) is 67.3 Å². The number of rotatable bonds is 3. The fourth-order valence-electron chi connectivity index (χ4n) is 1.13.